The van der Waals surface area contributed by atoms with Gasteiger partial charge < -0.3 is 48.7 Å². The molecule has 18 heteroatoms. The van der Waals surface area contributed by atoms with Crippen molar-refractivity contribution in [2.24, 2.45) is 0 Å². The number of hydrogen-bond acceptors (Lipinski definition) is 15. The summed E-state index contributed by atoms with van der Waals surface area (Å²) in [6.07, 6.45) is -1.88. The van der Waals surface area contributed by atoms with Crippen LogP contribution < -0.4 is 30.1 Å². The van der Waals surface area contributed by atoms with Gasteiger partial charge in [0, 0.05) is 6.42 Å². The quantitative estimate of drug-likeness (QED) is 0.0425. The van der Waals surface area contributed by atoms with Crippen molar-refractivity contribution in [1.29, 1.82) is 0 Å². The van der Waals surface area contributed by atoms with Crippen LogP contribution in [0.5, 0.6) is 23.0 Å². The van der Waals surface area contributed by atoms with Gasteiger partial charge in [0.1, 0.15) is 63.9 Å². The highest BCUT2D eigenvalue weighted by Crippen LogP contribution is 2.49. The van der Waals surface area contributed by atoms with Crippen molar-refractivity contribution >= 4 is 29.0 Å². The van der Waals surface area contributed by atoms with Gasteiger partial charge in [-0.15, -0.1) is 0 Å². The van der Waals surface area contributed by atoms with E-state index >= 15 is 4.79 Å². The van der Waals surface area contributed by atoms with Crippen LogP contribution in [0.4, 0.5) is 10.6 Å². The van der Waals surface area contributed by atoms with E-state index in [1.54, 1.807) is 72.2 Å². The van der Waals surface area contributed by atoms with Gasteiger partial charge in [0.25, 0.3) is 0 Å². The summed E-state index contributed by atoms with van der Waals surface area (Å²) in [4.78, 5) is 43.0. The van der Waals surface area contributed by atoms with E-state index < -0.39 is 59.4 Å². The van der Waals surface area contributed by atoms with Crippen molar-refractivity contribution in [3.63, 3.8) is 0 Å². The Morgan fingerprint density at radius 2 is 1.06 bits per heavy atom. The number of rotatable bonds is 22. The normalized spacial score (nSPS) is 16.6. The summed E-state index contributed by atoms with van der Waals surface area (Å²) in [6.45, 7) is 4.88. The van der Waals surface area contributed by atoms with E-state index in [-0.39, 0.29) is 24.4 Å². The Kier molecular flexibility index (Phi) is 17.2. The SMILES string of the molecule is COc1ccc(C(OC[C@H]2O[C@@H](n3cnc4c(N)ncnc43)[C@H](OC(c3ccccc3)(c3ccc(OC)cc3)c3ccc(OC)cc3)[C@@H]2NN(C(=O)OC(C)(C)C)[C@@H](Cc2ccccc2)C(=O)O)(c2ccccc2)c2ccc(OC)cc2)cc1. The number of nitrogens with one attached hydrogen (secondary N) is 1. The minimum atomic E-state index is -1.57. The number of carbonyl (C=O) groups is 2. The third-order valence-corrected chi connectivity index (χ3v) is 14.9. The van der Waals surface area contributed by atoms with E-state index in [4.69, 9.17) is 53.6 Å². The number of nitrogens with zero attached hydrogens (tertiary/aromatic N) is 5. The third kappa shape index (κ3) is 11.8. The molecule has 432 valence electrons. The van der Waals surface area contributed by atoms with Crippen LogP contribution >= 0.6 is 0 Å². The molecular formula is C66H67N7O11. The smallest absolute Gasteiger partial charge is 0.425 e. The average Bonchev–Trinajstić information content (AvgIpc) is 2.31. The molecule has 3 heterocycles. The highest BCUT2D eigenvalue weighted by atomic mass is 16.6. The second-order valence-electron chi connectivity index (χ2n) is 21.1. The van der Waals surface area contributed by atoms with Crippen molar-refractivity contribution in [3.8, 4) is 23.0 Å². The molecule has 84 heavy (non-hydrogen) atoms. The third-order valence-electron chi connectivity index (χ3n) is 14.9. The van der Waals surface area contributed by atoms with Gasteiger partial charge >= 0.3 is 12.1 Å². The maximum Gasteiger partial charge on any atom is 0.425 e. The number of carboxylic acids is 1. The Morgan fingerprint density at radius 3 is 1.51 bits per heavy atom. The van der Waals surface area contributed by atoms with Crippen LogP contribution in [0.15, 0.2) is 201 Å². The van der Waals surface area contributed by atoms with Gasteiger partial charge in [0.15, 0.2) is 23.7 Å². The summed E-state index contributed by atoms with van der Waals surface area (Å²) >= 11 is 0. The molecule has 9 aromatic rings. The van der Waals surface area contributed by atoms with Crippen LogP contribution in [-0.4, -0.2) is 107 Å². The van der Waals surface area contributed by atoms with Gasteiger partial charge in [-0.25, -0.2) is 35.0 Å². The average molecular weight is 1130 g/mol. The number of aliphatic carboxylic acids is 1. The monoisotopic (exact) mass is 1130 g/mol. The van der Waals surface area contributed by atoms with E-state index in [0.717, 1.165) is 21.7 Å². The second kappa shape index (κ2) is 25.0. The number of anilines is 1. The van der Waals surface area contributed by atoms with Crippen LogP contribution in [0.1, 0.15) is 65.9 Å². The summed E-state index contributed by atoms with van der Waals surface area (Å²) in [5, 5.41) is 12.5. The lowest BCUT2D eigenvalue weighted by Gasteiger charge is -2.42. The summed E-state index contributed by atoms with van der Waals surface area (Å²) < 4.78 is 54.0. The molecule has 0 radical (unpaired) electrons. The Morgan fingerprint density at radius 1 is 0.619 bits per heavy atom. The van der Waals surface area contributed by atoms with Crippen molar-refractivity contribution < 1.29 is 52.6 Å². The molecule has 0 unspecified atom stereocenters. The first-order valence-corrected chi connectivity index (χ1v) is 27.3. The van der Waals surface area contributed by atoms with Crippen LogP contribution in [0.3, 0.4) is 0 Å². The van der Waals surface area contributed by atoms with Crippen LogP contribution in [0.25, 0.3) is 11.2 Å². The van der Waals surface area contributed by atoms with E-state index in [1.165, 1.54) is 6.33 Å². The first kappa shape index (κ1) is 57.9. The number of methoxy groups -OCH3 is 4. The molecule has 0 bridgehead atoms. The first-order valence-electron chi connectivity index (χ1n) is 27.3. The summed E-state index contributed by atoms with van der Waals surface area (Å²) in [5.41, 5.74) is 11.4. The number of hydrogen-bond donors (Lipinski definition) is 3. The molecule has 1 saturated heterocycles. The molecule has 1 aliphatic rings. The van der Waals surface area contributed by atoms with Crippen LogP contribution in [0, 0.1) is 0 Å². The van der Waals surface area contributed by atoms with Gasteiger partial charge in [-0.1, -0.05) is 140 Å². The van der Waals surface area contributed by atoms with E-state index in [0.29, 0.717) is 50.9 Å². The summed E-state index contributed by atoms with van der Waals surface area (Å²) in [6, 6.07) is 56.1. The zero-order valence-electron chi connectivity index (χ0n) is 47.7. The molecule has 0 aliphatic carbocycles. The molecule has 10 rings (SSSR count). The molecular weight excluding hydrogens is 1070 g/mol. The Balaban J connectivity index is 1.25. The Bertz CT molecular complexity index is 3530. The van der Waals surface area contributed by atoms with E-state index in [2.05, 4.69) is 10.4 Å². The number of fused-ring (bicyclic) bond motifs is 1. The number of nitrogen functional groups attached to an aromatic ring is 1. The molecule has 1 amide bonds. The predicted octanol–water partition coefficient (Wildman–Crippen LogP) is 10.5. The highest BCUT2D eigenvalue weighted by Gasteiger charge is 2.55. The number of hydrazine groups is 1. The highest BCUT2D eigenvalue weighted by molar-refractivity contribution is 5.81. The van der Waals surface area contributed by atoms with E-state index in [1.807, 2.05) is 176 Å². The first-order chi connectivity index (χ1) is 40.7. The Labute approximate surface area is 487 Å². The molecule has 7 aromatic carbocycles. The van der Waals surface area contributed by atoms with Gasteiger partial charge in [-0.2, -0.15) is 0 Å². The van der Waals surface area contributed by atoms with Crippen molar-refractivity contribution in [3.05, 3.63) is 240 Å². The van der Waals surface area contributed by atoms with Crippen molar-refractivity contribution in [1.82, 2.24) is 30.0 Å². The van der Waals surface area contributed by atoms with Gasteiger partial charge in [0.05, 0.1) is 47.4 Å². The van der Waals surface area contributed by atoms with Crippen LogP contribution in [0.2, 0.25) is 0 Å². The van der Waals surface area contributed by atoms with Crippen molar-refractivity contribution in [2.75, 3.05) is 40.8 Å². The number of imidazole rings is 1. The Hall–Kier alpha value is -9.33. The number of carboxylic acid groups (broad SMARTS) is 1. The topological polar surface area (TPSA) is 213 Å². The fraction of sp³-hybridized carbons (Fsp3) is 0.258. The molecule has 4 N–H and O–H groups in total. The summed E-state index contributed by atoms with van der Waals surface area (Å²) in [5.74, 6) is 1.24. The van der Waals surface area contributed by atoms with E-state index in [9.17, 15) is 9.90 Å². The largest absolute Gasteiger partial charge is 0.497 e. The molecule has 2 aromatic heterocycles. The molecule has 1 aliphatic heterocycles. The van der Waals surface area contributed by atoms with Crippen molar-refractivity contribution in [2.45, 2.75) is 74.5 Å². The lowest BCUT2D eigenvalue weighted by molar-refractivity contribution is -0.146. The number of benzene rings is 7. The fourth-order valence-electron chi connectivity index (χ4n) is 10.8. The molecule has 0 saturated carbocycles. The molecule has 0 spiro atoms. The number of amides is 1. The minimum absolute atomic E-state index is 0.117. The standard InChI is InChI=1S/C66H67N7O11/c1-64(2,3)84-63(76)73(54(62(74)75)39-43-17-11-8-12-18-43)71-56-55(40-81-65(44-19-13-9-14-20-44,46-23-31-50(77-4)32-24-46)47-25-33-51(78-5)34-26-47)82-61(72-42-70-57-59(67)68-41-69-60(57)72)58(56)83-66(45-21-15-10-16-22-45,48-27-35-52(79-6)36-28-48)49-29-37-53(80-7)38-30-49/h8-38,41-42,54-56,58,61,71H,39-40H2,1-7H3,(H,74,75)(H2,67,68,69)/t54-,55+,56+,58+,61+/m0/s1. The maximum atomic E-state index is 15.2. The fourth-order valence-corrected chi connectivity index (χ4v) is 10.8. The predicted molar refractivity (Wildman–Crippen MR) is 316 cm³/mol. The van der Waals surface area contributed by atoms with Crippen LogP contribution in [-0.2, 0) is 41.4 Å². The second-order valence-corrected chi connectivity index (χ2v) is 21.1. The number of carbonyl (C=O) groups excluding carboxylic acids is 1. The summed E-state index contributed by atoms with van der Waals surface area (Å²) in [7, 11) is 6.40. The molecule has 18 nitrogen and oxygen atoms in total. The van der Waals surface area contributed by atoms with Gasteiger partial charge in [-0.3, -0.25) is 4.57 Å². The maximum absolute atomic E-state index is 15.2. The number of ether oxygens (including phenoxy) is 8. The zero-order chi connectivity index (χ0) is 59.0. The number of aromatic nitrogens is 4. The molecule has 5 atom stereocenters. The minimum Gasteiger partial charge on any atom is -0.497 e. The molecule has 1 fully saturated rings. The lowest BCUT2D eigenvalue weighted by atomic mass is 9.79. The van der Waals surface area contributed by atoms with Gasteiger partial charge in [0.2, 0.25) is 0 Å². The lowest BCUT2D eigenvalue weighted by Crippen LogP contribution is -2.63. The zero-order valence-corrected chi connectivity index (χ0v) is 47.7. The number of nitrogens with two attached hydrogens (primary N) is 1. The van der Waals surface area contributed by atoms with Gasteiger partial charge in [-0.05, 0) is 108 Å².